The molecule has 1 rings (SSSR count). The Hall–Kier alpha value is -1.95. The predicted molar refractivity (Wildman–Crippen MR) is 108 cm³/mol. The van der Waals surface area contributed by atoms with Gasteiger partial charge in [-0.25, -0.2) is 0 Å². The molecule has 4 N–H and O–H groups in total. The van der Waals surface area contributed by atoms with E-state index >= 15 is 0 Å². The van der Waals surface area contributed by atoms with Crippen molar-refractivity contribution in [1.82, 2.24) is 10.7 Å². The molecule has 1 unspecified atom stereocenters. The van der Waals surface area contributed by atoms with Crippen molar-refractivity contribution in [2.24, 2.45) is 16.8 Å². The van der Waals surface area contributed by atoms with E-state index in [1.165, 1.54) is 6.42 Å². The molecule has 1 aromatic carbocycles. The second-order valence-corrected chi connectivity index (χ2v) is 7.13. The van der Waals surface area contributed by atoms with Gasteiger partial charge in [-0.2, -0.15) is 5.10 Å². The maximum atomic E-state index is 12.2. The molecule has 0 aliphatic heterocycles. The van der Waals surface area contributed by atoms with Crippen LogP contribution in [0.3, 0.4) is 0 Å². The van der Waals surface area contributed by atoms with Gasteiger partial charge in [0.05, 0.1) is 5.71 Å². The molecule has 0 radical (unpaired) electrons. The third-order valence-electron chi connectivity index (χ3n) is 3.82. The van der Waals surface area contributed by atoms with Gasteiger partial charge >= 0.3 is 0 Å². The first-order chi connectivity index (χ1) is 11.9. The molecule has 0 saturated heterocycles. The number of thiocarbonyl (C=S) groups is 1. The van der Waals surface area contributed by atoms with Crippen molar-refractivity contribution in [3.05, 3.63) is 35.9 Å². The SMILES string of the molecule is CC(C)CCCC(C)NC(=O)CCC(=NNC(N)=S)c1ccccc1. The summed E-state index contributed by atoms with van der Waals surface area (Å²) in [7, 11) is 0. The summed E-state index contributed by atoms with van der Waals surface area (Å²) < 4.78 is 0. The highest BCUT2D eigenvalue weighted by Crippen LogP contribution is 2.09. The highest BCUT2D eigenvalue weighted by atomic mass is 32.1. The van der Waals surface area contributed by atoms with Gasteiger partial charge < -0.3 is 11.1 Å². The number of nitrogens with one attached hydrogen (secondary N) is 2. The van der Waals surface area contributed by atoms with Gasteiger partial charge in [-0.1, -0.05) is 57.0 Å². The number of carbonyl (C=O) groups is 1. The molecule has 5 nitrogen and oxygen atoms in total. The van der Waals surface area contributed by atoms with Crippen LogP contribution in [0.15, 0.2) is 35.4 Å². The first kappa shape index (κ1) is 21.1. The molecule has 1 aromatic rings. The second kappa shape index (κ2) is 11.6. The van der Waals surface area contributed by atoms with Gasteiger partial charge in [-0.15, -0.1) is 0 Å². The lowest BCUT2D eigenvalue weighted by molar-refractivity contribution is -0.121. The van der Waals surface area contributed by atoms with Crippen LogP contribution in [0.5, 0.6) is 0 Å². The molecule has 0 aliphatic carbocycles. The van der Waals surface area contributed by atoms with Crippen molar-refractivity contribution < 1.29 is 4.79 Å². The number of carbonyl (C=O) groups excluding carboxylic acids is 1. The lowest BCUT2D eigenvalue weighted by Gasteiger charge is -2.15. The summed E-state index contributed by atoms with van der Waals surface area (Å²) in [6.45, 7) is 6.49. The molecular formula is C19H30N4OS. The van der Waals surface area contributed by atoms with E-state index in [2.05, 4.69) is 36.6 Å². The Morgan fingerprint density at radius 3 is 2.44 bits per heavy atom. The summed E-state index contributed by atoms with van der Waals surface area (Å²) >= 11 is 4.80. The van der Waals surface area contributed by atoms with Gasteiger partial charge in [0.25, 0.3) is 0 Å². The largest absolute Gasteiger partial charge is 0.375 e. The molecule has 6 heteroatoms. The van der Waals surface area contributed by atoms with Crippen LogP contribution < -0.4 is 16.5 Å². The van der Waals surface area contributed by atoms with Crippen molar-refractivity contribution in [2.75, 3.05) is 0 Å². The maximum absolute atomic E-state index is 12.2. The first-order valence-corrected chi connectivity index (χ1v) is 9.26. The van der Waals surface area contributed by atoms with Crippen LogP contribution in [0.1, 0.15) is 58.4 Å². The molecule has 138 valence electrons. The Morgan fingerprint density at radius 1 is 1.16 bits per heavy atom. The number of hydrogen-bond donors (Lipinski definition) is 3. The minimum atomic E-state index is 0.0380. The molecule has 0 fully saturated rings. The quantitative estimate of drug-likeness (QED) is 0.339. The summed E-state index contributed by atoms with van der Waals surface area (Å²) in [5, 5.41) is 7.40. The molecule has 25 heavy (non-hydrogen) atoms. The standard InChI is InChI=1S/C19H30N4OS/c1-14(2)8-7-9-15(3)21-18(24)13-12-17(22-23-19(20)25)16-10-5-4-6-11-16/h4-6,10-11,14-15H,7-9,12-13H2,1-3H3,(H,21,24)(H3,20,23,25). The van der Waals surface area contributed by atoms with E-state index in [4.69, 9.17) is 18.0 Å². The zero-order chi connectivity index (χ0) is 18.7. The van der Waals surface area contributed by atoms with Crippen LogP contribution >= 0.6 is 12.2 Å². The number of nitrogens with two attached hydrogens (primary N) is 1. The van der Waals surface area contributed by atoms with Gasteiger partial charge in [0.2, 0.25) is 5.91 Å². The monoisotopic (exact) mass is 362 g/mol. The molecule has 0 saturated carbocycles. The third-order valence-corrected chi connectivity index (χ3v) is 3.91. The Labute approximate surface area is 156 Å². The maximum Gasteiger partial charge on any atom is 0.220 e. The van der Waals surface area contributed by atoms with Crippen LogP contribution in [0.4, 0.5) is 0 Å². The number of amides is 1. The summed E-state index contributed by atoms with van der Waals surface area (Å²) in [5.74, 6) is 0.740. The van der Waals surface area contributed by atoms with Crippen LogP contribution in [-0.2, 0) is 4.79 Å². The van der Waals surface area contributed by atoms with Crippen LogP contribution in [0, 0.1) is 5.92 Å². The number of hydrogen-bond acceptors (Lipinski definition) is 3. The highest BCUT2D eigenvalue weighted by Gasteiger charge is 2.11. The topological polar surface area (TPSA) is 79.5 Å². The minimum Gasteiger partial charge on any atom is -0.375 e. The van der Waals surface area contributed by atoms with Crippen molar-refractivity contribution in [3.63, 3.8) is 0 Å². The van der Waals surface area contributed by atoms with Crippen molar-refractivity contribution in [3.8, 4) is 0 Å². The van der Waals surface area contributed by atoms with E-state index in [9.17, 15) is 4.79 Å². The predicted octanol–water partition coefficient (Wildman–Crippen LogP) is 3.34. The second-order valence-electron chi connectivity index (χ2n) is 6.69. The van der Waals surface area contributed by atoms with Crippen LogP contribution in [0.25, 0.3) is 0 Å². The van der Waals surface area contributed by atoms with Gasteiger partial charge in [0, 0.05) is 18.9 Å². The van der Waals surface area contributed by atoms with E-state index < -0.39 is 0 Å². The Bertz CT molecular complexity index is 572. The van der Waals surface area contributed by atoms with E-state index in [1.54, 1.807) is 0 Å². The normalized spacial score (nSPS) is 12.7. The fraction of sp³-hybridized carbons (Fsp3) is 0.526. The van der Waals surface area contributed by atoms with Gasteiger partial charge in [-0.05, 0) is 37.0 Å². The summed E-state index contributed by atoms with van der Waals surface area (Å²) in [6, 6.07) is 9.90. The van der Waals surface area contributed by atoms with Gasteiger partial charge in [-0.3, -0.25) is 10.2 Å². The van der Waals surface area contributed by atoms with Gasteiger partial charge in [0.1, 0.15) is 0 Å². The van der Waals surface area contributed by atoms with Gasteiger partial charge in [0.15, 0.2) is 5.11 Å². The number of nitrogens with zero attached hydrogens (tertiary/aromatic N) is 1. The van der Waals surface area contributed by atoms with Crippen molar-refractivity contribution >= 4 is 28.9 Å². The fourth-order valence-corrected chi connectivity index (χ4v) is 2.55. The third kappa shape index (κ3) is 9.82. The van der Waals surface area contributed by atoms with E-state index in [0.29, 0.717) is 18.8 Å². The average Bonchev–Trinajstić information content (AvgIpc) is 2.55. The minimum absolute atomic E-state index is 0.0380. The van der Waals surface area contributed by atoms with E-state index in [1.807, 2.05) is 30.3 Å². The molecule has 0 heterocycles. The lowest BCUT2D eigenvalue weighted by atomic mass is 10.0. The first-order valence-electron chi connectivity index (χ1n) is 8.85. The van der Waals surface area contributed by atoms with Crippen LogP contribution in [0.2, 0.25) is 0 Å². The van der Waals surface area contributed by atoms with E-state index in [-0.39, 0.29) is 17.1 Å². The Morgan fingerprint density at radius 2 is 1.84 bits per heavy atom. The Kier molecular flexibility index (Phi) is 9.77. The molecule has 0 aliphatic rings. The summed E-state index contributed by atoms with van der Waals surface area (Å²) in [6.07, 6.45) is 4.22. The average molecular weight is 363 g/mol. The molecule has 1 atom stereocenters. The van der Waals surface area contributed by atoms with Crippen molar-refractivity contribution in [1.29, 1.82) is 0 Å². The van der Waals surface area contributed by atoms with Crippen LogP contribution in [-0.4, -0.2) is 22.8 Å². The smallest absolute Gasteiger partial charge is 0.220 e. The molecule has 0 spiro atoms. The molecular weight excluding hydrogens is 332 g/mol. The zero-order valence-electron chi connectivity index (χ0n) is 15.4. The molecule has 0 aromatic heterocycles. The zero-order valence-corrected chi connectivity index (χ0v) is 16.2. The number of hydrazone groups is 1. The number of benzene rings is 1. The highest BCUT2D eigenvalue weighted by molar-refractivity contribution is 7.80. The molecule has 0 bridgehead atoms. The lowest BCUT2D eigenvalue weighted by Crippen LogP contribution is -2.33. The van der Waals surface area contributed by atoms with Crippen molar-refractivity contribution in [2.45, 2.75) is 58.9 Å². The molecule has 1 amide bonds. The Balaban J connectivity index is 2.51. The fourth-order valence-electron chi connectivity index (χ4n) is 2.50. The summed E-state index contributed by atoms with van der Waals surface area (Å²) in [5.41, 5.74) is 9.76. The van der Waals surface area contributed by atoms with E-state index in [0.717, 1.165) is 24.1 Å². The number of rotatable bonds is 10. The summed E-state index contributed by atoms with van der Waals surface area (Å²) in [4.78, 5) is 12.2.